The van der Waals surface area contributed by atoms with Crippen LogP contribution in [0.3, 0.4) is 0 Å². The molecule has 2 aliphatic rings. The molecular weight excluding hydrogens is 426 g/mol. The van der Waals surface area contributed by atoms with E-state index in [4.69, 9.17) is 9.15 Å². The third-order valence-electron chi connectivity index (χ3n) is 5.27. The van der Waals surface area contributed by atoms with Gasteiger partial charge in [-0.2, -0.15) is 11.8 Å². The summed E-state index contributed by atoms with van der Waals surface area (Å²) in [6.45, 7) is 5.57. The number of carbonyl (C=O) groups is 2. The quantitative estimate of drug-likeness (QED) is 0.520. The highest BCUT2D eigenvalue weighted by atomic mass is 32.2. The minimum Gasteiger partial charge on any atom is -0.434 e. The molecule has 1 atom stereocenters. The third kappa shape index (κ3) is 7.90. The highest BCUT2D eigenvalue weighted by molar-refractivity contribution is 7.99. The maximum Gasteiger partial charge on any atom is 0.266 e. The van der Waals surface area contributed by atoms with Crippen LogP contribution in [-0.4, -0.2) is 60.0 Å². The summed E-state index contributed by atoms with van der Waals surface area (Å²) < 4.78 is 10.9. The van der Waals surface area contributed by atoms with E-state index in [-0.39, 0.29) is 36.2 Å². The number of hydrogen-bond donors (Lipinski definition) is 2. The van der Waals surface area contributed by atoms with Gasteiger partial charge in [-0.3, -0.25) is 9.59 Å². The van der Waals surface area contributed by atoms with Gasteiger partial charge in [-0.25, -0.2) is 4.98 Å². The van der Waals surface area contributed by atoms with Crippen LogP contribution in [0.2, 0.25) is 0 Å². The van der Waals surface area contributed by atoms with Crippen LogP contribution in [0.4, 0.5) is 0 Å². The van der Waals surface area contributed by atoms with Crippen molar-refractivity contribution in [3.63, 3.8) is 0 Å². The van der Waals surface area contributed by atoms with Crippen molar-refractivity contribution in [1.82, 2.24) is 15.6 Å². The summed E-state index contributed by atoms with van der Waals surface area (Å²) in [5, 5.41) is 6.24. The minimum atomic E-state index is -0.329. The number of ether oxygens (including phenoxy) is 1. The number of Topliss-reactive ketones (excluding diaryl/α,β-unsaturated/α-hetero) is 1. The first-order valence-electron chi connectivity index (χ1n) is 11.7. The minimum absolute atomic E-state index is 0.0311. The number of carbonyl (C=O) groups excluding carboxylic acids is 2. The molecule has 0 radical (unpaired) electrons. The molecule has 1 aromatic heterocycles. The summed E-state index contributed by atoms with van der Waals surface area (Å²) in [6, 6.07) is 7.18. The van der Waals surface area contributed by atoms with Crippen LogP contribution in [0.5, 0.6) is 0 Å². The maximum absolute atomic E-state index is 12.8. The van der Waals surface area contributed by atoms with E-state index in [1.54, 1.807) is 12.1 Å². The average Bonchev–Trinajstić information content (AvgIpc) is 3.53. The fourth-order valence-corrected chi connectivity index (χ4v) is 4.63. The Morgan fingerprint density at radius 1 is 1.16 bits per heavy atom. The molecule has 2 fully saturated rings. The number of rotatable bonds is 10. The summed E-state index contributed by atoms with van der Waals surface area (Å²) in [5.41, 5.74) is 1.20. The molecule has 1 aromatic carbocycles. The lowest BCUT2D eigenvalue weighted by molar-refractivity contribution is -0.122. The number of amides is 1. The van der Waals surface area contributed by atoms with Crippen LogP contribution in [0.15, 0.2) is 28.7 Å². The van der Waals surface area contributed by atoms with Crippen molar-refractivity contribution < 1.29 is 18.7 Å². The fraction of sp³-hybridized carbons (Fsp3) is 0.625. The smallest absolute Gasteiger partial charge is 0.266 e. The lowest BCUT2D eigenvalue weighted by Gasteiger charge is -2.28. The summed E-state index contributed by atoms with van der Waals surface area (Å²) in [7, 11) is 0. The molecule has 1 aliphatic heterocycles. The van der Waals surface area contributed by atoms with Crippen LogP contribution in [0, 0.1) is 5.92 Å². The molecular formula is C24H35N3O4S. The van der Waals surface area contributed by atoms with Gasteiger partial charge in [-0.05, 0) is 49.5 Å². The van der Waals surface area contributed by atoms with Crippen molar-refractivity contribution >= 4 is 34.6 Å². The molecule has 2 N–H and O–H groups in total. The van der Waals surface area contributed by atoms with E-state index >= 15 is 0 Å². The van der Waals surface area contributed by atoms with Gasteiger partial charge in [0.2, 0.25) is 11.7 Å². The van der Waals surface area contributed by atoms with E-state index in [0.29, 0.717) is 16.9 Å². The first-order chi connectivity index (χ1) is 15.6. The number of oxazole rings is 1. The van der Waals surface area contributed by atoms with Crippen molar-refractivity contribution in [2.45, 2.75) is 58.0 Å². The number of para-hydroxylation sites is 2. The maximum atomic E-state index is 12.8. The Morgan fingerprint density at radius 2 is 1.88 bits per heavy atom. The molecule has 0 bridgehead atoms. The number of aromatic nitrogens is 1. The van der Waals surface area contributed by atoms with Gasteiger partial charge < -0.3 is 19.8 Å². The Bertz CT molecular complexity index is 829. The topological polar surface area (TPSA) is 93.5 Å². The average molecular weight is 462 g/mol. The molecule has 1 saturated carbocycles. The predicted molar refractivity (Wildman–Crippen MR) is 128 cm³/mol. The van der Waals surface area contributed by atoms with Crippen molar-refractivity contribution in [2.75, 3.05) is 31.3 Å². The fourth-order valence-electron chi connectivity index (χ4n) is 3.34. The van der Waals surface area contributed by atoms with Gasteiger partial charge in [-0.1, -0.05) is 32.4 Å². The Morgan fingerprint density at radius 3 is 2.56 bits per heavy atom. The number of nitrogens with zero attached hydrogens (tertiary/aromatic N) is 1. The first kappa shape index (κ1) is 24.7. The molecule has 7 nitrogen and oxygen atoms in total. The molecule has 4 rings (SSSR count). The Hall–Kier alpha value is -1.90. The normalized spacial score (nSPS) is 17.4. The predicted octanol–water partition coefficient (Wildman–Crippen LogP) is 3.82. The van der Waals surface area contributed by atoms with Gasteiger partial charge in [0.25, 0.3) is 5.89 Å². The number of ketones is 1. The second-order valence-corrected chi connectivity index (χ2v) is 9.50. The zero-order valence-corrected chi connectivity index (χ0v) is 19.9. The van der Waals surface area contributed by atoms with E-state index in [1.807, 2.05) is 23.9 Å². The molecule has 176 valence electrons. The highest BCUT2D eigenvalue weighted by Crippen LogP contribution is 2.32. The molecule has 1 aliphatic carbocycles. The monoisotopic (exact) mass is 461 g/mol. The number of benzene rings is 1. The van der Waals surface area contributed by atoms with Gasteiger partial charge >= 0.3 is 0 Å². The second-order valence-electron chi connectivity index (χ2n) is 8.42. The van der Waals surface area contributed by atoms with Gasteiger partial charge in [0.15, 0.2) is 5.58 Å². The van der Waals surface area contributed by atoms with Crippen molar-refractivity contribution in [3.8, 4) is 0 Å². The van der Waals surface area contributed by atoms with E-state index in [0.717, 1.165) is 37.7 Å². The SMILES string of the molecule is CCC.O=C(CNC(=O)C(CSCC1CC1)NC1CCOCC1)c1nc2ccccc2o1. The van der Waals surface area contributed by atoms with E-state index in [2.05, 4.69) is 29.5 Å². The molecule has 1 saturated heterocycles. The molecule has 32 heavy (non-hydrogen) atoms. The van der Waals surface area contributed by atoms with Gasteiger partial charge in [-0.15, -0.1) is 0 Å². The number of nitrogens with one attached hydrogen (secondary N) is 2. The summed E-state index contributed by atoms with van der Waals surface area (Å²) in [6.07, 6.45) is 5.66. The molecule has 2 aromatic rings. The van der Waals surface area contributed by atoms with E-state index in [1.165, 1.54) is 19.3 Å². The largest absolute Gasteiger partial charge is 0.434 e. The van der Waals surface area contributed by atoms with Crippen LogP contribution in [0.1, 0.15) is 56.6 Å². The van der Waals surface area contributed by atoms with Crippen LogP contribution >= 0.6 is 11.8 Å². The van der Waals surface area contributed by atoms with Gasteiger partial charge in [0.05, 0.1) is 12.6 Å². The Kier molecular flexibility index (Phi) is 10.0. The lowest BCUT2D eigenvalue weighted by Crippen LogP contribution is -2.52. The number of thioether (sulfide) groups is 1. The van der Waals surface area contributed by atoms with Gasteiger partial charge in [0, 0.05) is 25.0 Å². The van der Waals surface area contributed by atoms with Crippen LogP contribution in [-0.2, 0) is 9.53 Å². The van der Waals surface area contributed by atoms with E-state index in [9.17, 15) is 9.59 Å². The van der Waals surface area contributed by atoms with Crippen LogP contribution < -0.4 is 10.6 Å². The molecule has 0 spiro atoms. The summed E-state index contributed by atoms with van der Waals surface area (Å²) in [5.74, 6) is 2.17. The molecule has 1 amide bonds. The van der Waals surface area contributed by atoms with Crippen molar-refractivity contribution in [1.29, 1.82) is 0 Å². The number of hydrogen-bond acceptors (Lipinski definition) is 7. The molecule has 8 heteroatoms. The van der Waals surface area contributed by atoms with Gasteiger partial charge in [0.1, 0.15) is 5.52 Å². The third-order valence-corrected chi connectivity index (χ3v) is 6.54. The lowest BCUT2D eigenvalue weighted by atomic mass is 10.1. The number of fused-ring (bicyclic) bond motifs is 1. The molecule has 2 heterocycles. The zero-order valence-electron chi connectivity index (χ0n) is 19.1. The summed E-state index contributed by atoms with van der Waals surface area (Å²) in [4.78, 5) is 29.4. The zero-order chi connectivity index (χ0) is 22.8. The highest BCUT2D eigenvalue weighted by Gasteiger charge is 2.27. The second kappa shape index (κ2) is 13.0. The Labute approximate surface area is 194 Å². The van der Waals surface area contributed by atoms with E-state index < -0.39 is 0 Å². The Balaban J connectivity index is 0.000000913. The standard InChI is InChI=1S/C21H27N3O4S.C3H8/c25-18(21-24-16-3-1-2-4-19(16)28-21)11-22-20(26)17(13-29-12-14-5-6-14)23-15-7-9-27-10-8-15;1-3-2/h1-4,14-15,17,23H,5-13H2,(H,22,26);3H2,1-2H3. The van der Waals surface area contributed by atoms with Crippen molar-refractivity contribution in [3.05, 3.63) is 30.2 Å². The summed E-state index contributed by atoms with van der Waals surface area (Å²) >= 11 is 1.81. The molecule has 1 unspecified atom stereocenters. The first-order valence-corrected chi connectivity index (χ1v) is 12.8. The van der Waals surface area contributed by atoms with Crippen molar-refractivity contribution in [2.24, 2.45) is 5.92 Å². The van der Waals surface area contributed by atoms with Crippen LogP contribution in [0.25, 0.3) is 11.1 Å².